The molecule has 2 rings (SSSR count). The largest absolute Gasteiger partial charge is 0.497 e. The minimum atomic E-state index is -4.45. The van der Waals surface area contributed by atoms with Crippen LogP contribution < -0.4 is 10.1 Å². The Kier molecular flexibility index (Phi) is 4.13. The molecule has 116 valence electrons. The van der Waals surface area contributed by atoms with Gasteiger partial charge in [-0.15, -0.1) is 0 Å². The van der Waals surface area contributed by atoms with Gasteiger partial charge in [0.2, 0.25) is 0 Å². The molecule has 0 amide bonds. The minimum Gasteiger partial charge on any atom is -0.497 e. The molecule has 1 unspecified atom stereocenters. The Morgan fingerprint density at radius 3 is 2.71 bits per heavy atom. The summed E-state index contributed by atoms with van der Waals surface area (Å²) in [7, 11) is 1.48. The van der Waals surface area contributed by atoms with Crippen LogP contribution >= 0.6 is 0 Å². The number of nitrogens with one attached hydrogen (secondary N) is 1. The van der Waals surface area contributed by atoms with Crippen LogP contribution in [0.2, 0.25) is 0 Å². The van der Waals surface area contributed by atoms with Crippen molar-refractivity contribution in [3.05, 3.63) is 29.3 Å². The van der Waals surface area contributed by atoms with Gasteiger partial charge in [-0.2, -0.15) is 13.2 Å². The number of carboxylic acids is 1. The summed E-state index contributed by atoms with van der Waals surface area (Å²) >= 11 is 0. The highest BCUT2D eigenvalue weighted by Gasteiger charge is 2.43. The number of rotatable bonds is 4. The van der Waals surface area contributed by atoms with E-state index >= 15 is 0 Å². The van der Waals surface area contributed by atoms with E-state index in [1.807, 2.05) is 6.07 Å². The third-order valence-corrected chi connectivity index (χ3v) is 3.76. The van der Waals surface area contributed by atoms with Gasteiger partial charge in [0.15, 0.2) is 0 Å². The summed E-state index contributed by atoms with van der Waals surface area (Å²) in [4.78, 5) is 11.5. The first-order valence-electron chi connectivity index (χ1n) is 6.47. The predicted molar refractivity (Wildman–Crippen MR) is 69.4 cm³/mol. The van der Waals surface area contributed by atoms with Gasteiger partial charge in [-0.1, -0.05) is 6.07 Å². The van der Waals surface area contributed by atoms with Gasteiger partial charge >= 0.3 is 12.1 Å². The fourth-order valence-corrected chi connectivity index (χ4v) is 2.58. The number of ether oxygens (including phenoxy) is 1. The molecule has 0 fully saturated rings. The Bertz CT molecular complexity index is 545. The van der Waals surface area contributed by atoms with Crippen molar-refractivity contribution < 1.29 is 27.8 Å². The number of alkyl halides is 3. The van der Waals surface area contributed by atoms with Crippen LogP contribution in [-0.4, -0.2) is 36.4 Å². The second-order valence-electron chi connectivity index (χ2n) is 5.17. The number of aliphatic carboxylic acids is 1. The van der Waals surface area contributed by atoms with Crippen LogP contribution in [0.15, 0.2) is 18.2 Å². The number of fused-ring (bicyclic) bond motifs is 1. The fourth-order valence-electron chi connectivity index (χ4n) is 2.58. The molecule has 0 heterocycles. The van der Waals surface area contributed by atoms with Crippen LogP contribution in [0, 0.1) is 0 Å². The lowest BCUT2D eigenvalue weighted by Gasteiger charge is -2.35. The van der Waals surface area contributed by atoms with Gasteiger partial charge in [0.1, 0.15) is 11.3 Å². The van der Waals surface area contributed by atoms with E-state index in [0.717, 1.165) is 5.56 Å². The highest BCUT2D eigenvalue weighted by Crippen LogP contribution is 2.32. The summed E-state index contributed by atoms with van der Waals surface area (Å²) in [5.74, 6) is -0.703. The topological polar surface area (TPSA) is 58.6 Å². The fraction of sp³-hybridized carbons (Fsp3) is 0.500. The molecule has 1 atom stereocenters. The smallest absolute Gasteiger partial charge is 0.401 e. The third-order valence-electron chi connectivity index (χ3n) is 3.76. The molecule has 2 N–H and O–H groups in total. The number of benzene rings is 1. The van der Waals surface area contributed by atoms with Crippen LogP contribution in [0.4, 0.5) is 13.2 Å². The molecule has 0 bridgehead atoms. The van der Waals surface area contributed by atoms with Crippen LogP contribution in [0.25, 0.3) is 0 Å². The maximum atomic E-state index is 12.4. The molecule has 4 nitrogen and oxygen atoms in total. The quantitative estimate of drug-likeness (QED) is 0.895. The maximum absolute atomic E-state index is 12.4. The molecule has 7 heteroatoms. The van der Waals surface area contributed by atoms with Crippen LogP contribution in [0.5, 0.6) is 5.75 Å². The maximum Gasteiger partial charge on any atom is 0.401 e. The molecule has 0 aliphatic heterocycles. The second-order valence-corrected chi connectivity index (χ2v) is 5.17. The molecule has 0 aromatic heterocycles. The first kappa shape index (κ1) is 15.6. The van der Waals surface area contributed by atoms with Crippen molar-refractivity contribution >= 4 is 5.97 Å². The van der Waals surface area contributed by atoms with Gasteiger partial charge in [-0.25, -0.2) is 0 Å². The minimum absolute atomic E-state index is 0.00491. The molecular formula is C14H16F3NO3. The van der Waals surface area contributed by atoms with Crippen LogP contribution in [0.1, 0.15) is 17.5 Å². The highest BCUT2D eigenvalue weighted by atomic mass is 19.4. The molecule has 21 heavy (non-hydrogen) atoms. The number of carbonyl (C=O) groups is 1. The van der Waals surface area contributed by atoms with Crippen LogP contribution in [0.3, 0.4) is 0 Å². The van der Waals surface area contributed by atoms with Gasteiger partial charge in [0.25, 0.3) is 0 Å². The van der Waals surface area contributed by atoms with Crippen molar-refractivity contribution in [2.24, 2.45) is 0 Å². The van der Waals surface area contributed by atoms with E-state index in [4.69, 9.17) is 4.74 Å². The zero-order valence-electron chi connectivity index (χ0n) is 11.5. The summed E-state index contributed by atoms with van der Waals surface area (Å²) in [6.45, 7) is -1.32. The first-order valence-corrected chi connectivity index (χ1v) is 6.47. The van der Waals surface area contributed by atoms with E-state index < -0.39 is 24.2 Å². The number of halogens is 3. The van der Waals surface area contributed by atoms with Crippen molar-refractivity contribution in [1.29, 1.82) is 0 Å². The Morgan fingerprint density at radius 1 is 1.43 bits per heavy atom. The van der Waals surface area contributed by atoms with Crippen LogP contribution in [-0.2, 0) is 17.6 Å². The molecule has 1 aromatic rings. The van der Waals surface area contributed by atoms with Gasteiger partial charge in [-0.3, -0.25) is 10.1 Å². The number of hydrogen-bond acceptors (Lipinski definition) is 3. The van der Waals surface area contributed by atoms with E-state index in [2.05, 4.69) is 5.32 Å². The molecule has 0 radical (unpaired) electrons. The molecule has 1 aliphatic carbocycles. The summed E-state index contributed by atoms with van der Waals surface area (Å²) in [5.41, 5.74) is 0.0636. The average Bonchev–Trinajstić information content (AvgIpc) is 2.43. The predicted octanol–water partition coefficient (Wildman–Crippen LogP) is 2.16. The zero-order chi connectivity index (χ0) is 15.7. The first-order chi connectivity index (χ1) is 9.76. The summed E-state index contributed by atoms with van der Waals surface area (Å²) in [6.07, 6.45) is -3.91. The average molecular weight is 303 g/mol. The van der Waals surface area contributed by atoms with Crippen molar-refractivity contribution in [2.75, 3.05) is 13.7 Å². The summed E-state index contributed by atoms with van der Waals surface area (Å²) in [5, 5.41) is 11.6. The number of methoxy groups -OCH3 is 1. The standard InChI is InChI=1S/C14H16F3NO3/c1-21-11-3-2-9-4-5-13(12(19)20,7-10(9)6-11)18-8-14(15,16)17/h2-3,6,18H,4-5,7-8H2,1H3,(H,19,20). The second kappa shape index (κ2) is 5.55. The van der Waals surface area contributed by atoms with Gasteiger partial charge < -0.3 is 9.84 Å². The van der Waals surface area contributed by atoms with E-state index in [1.54, 1.807) is 12.1 Å². The lowest BCUT2D eigenvalue weighted by Crippen LogP contribution is -2.57. The number of carboxylic acid groups (broad SMARTS) is 1. The van der Waals surface area contributed by atoms with Gasteiger partial charge in [-0.05, 0) is 36.1 Å². The Hall–Kier alpha value is -1.76. The molecule has 1 aromatic carbocycles. The summed E-state index contributed by atoms with van der Waals surface area (Å²) in [6, 6.07) is 5.26. The normalized spacial score (nSPS) is 21.7. The summed E-state index contributed by atoms with van der Waals surface area (Å²) < 4.78 is 42.2. The van der Waals surface area contributed by atoms with E-state index in [1.165, 1.54) is 7.11 Å². The SMILES string of the molecule is COc1ccc2c(c1)CC(NCC(F)(F)F)(C(=O)O)CC2. The van der Waals surface area contributed by atoms with Crippen molar-refractivity contribution in [1.82, 2.24) is 5.32 Å². The van der Waals surface area contributed by atoms with E-state index in [0.29, 0.717) is 17.7 Å². The Balaban J connectivity index is 2.26. The highest BCUT2D eigenvalue weighted by molar-refractivity contribution is 5.80. The number of aryl methyl sites for hydroxylation is 1. The van der Waals surface area contributed by atoms with E-state index in [-0.39, 0.29) is 12.8 Å². The number of hydrogen-bond donors (Lipinski definition) is 2. The molecule has 0 saturated heterocycles. The molecular weight excluding hydrogens is 287 g/mol. The molecule has 1 aliphatic rings. The van der Waals surface area contributed by atoms with E-state index in [9.17, 15) is 23.1 Å². The zero-order valence-corrected chi connectivity index (χ0v) is 11.5. The lowest BCUT2D eigenvalue weighted by atomic mass is 9.77. The van der Waals surface area contributed by atoms with Gasteiger partial charge in [0.05, 0.1) is 13.7 Å². The molecule has 0 spiro atoms. The van der Waals surface area contributed by atoms with Gasteiger partial charge in [0, 0.05) is 6.42 Å². The van der Waals surface area contributed by atoms with Crippen molar-refractivity contribution in [2.45, 2.75) is 31.0 Å². The third kappa shape index (κ3) is 3.47. The van der Waals surface area contributed by atoms with Crippen molar-refractivity contribution in [3.63, 3.8) is 0 Å². The Labute approximate surface area is 119 Å². The monoisotopic (exact) mass is 303 g/mol. The lowest BCUT2D eigenvalue weighted by molar-refractivity contribution is -0.151. The Morgan fingerprint density at radius 2 is 2.14 bits per heavy atom. The van der Waals surface area contributed by atoms with Crippen molar-refractivity contribution in [3.8, 4) is 5.75 Å². The molecule has 0 saturated carbocycles.